The highest BCUT2D eigenvalue weighted by Crippen LogP contribution is 2.47. The molecule has 2 bridgehead atoms. The van der Waals surface area contributed by atoms with E-state index in [1.165, 1.54) is 0 Å². The molecule has 224 valence electrons. The molecule has 4 N–H and O–H groups in total. The van der Waals surface area contributed by atoms with E-state index < -0.39 is 64.2 Å². The number of nitrogens with one attached hydrogen (secondary N) is 1. The highest BCUT2D eigenvalue weighted by Gasteiger charge is 2.47. The van der Waals surface area contributed by atoms with Crippen molar-refractivity contribution in [2.24, 2.45) is 0 Å². The van der Waals surface area contributed by atoms with Crippen molar-refractivity contribution in [1.82, 2.24) is 20.3 Å². The van der Waals surface area contributed by atoms with Gasteiger partial charge in [-0.25, -0.2) is 13.8 Å². The Kier molecular flexibility index (Phi) is 6.18. The molecule has 42 heavy (non-hydrogen) atoms. The van der Waals surface area contributed by atoms with E-state index in [1.54, 1.807) is 0 Å². The lowest BCUT2D eigenvalue weighted by Crippen LogP contribution is -2.62. The van der Waals surface area contributed by atoms with E-state index in [9.17, 15) is 22.7 Å². The van der Waals surface area contributed by atoms with E-state index in [0.717, 1.165) is 32.3 Å². The fraction of sp³-hybridized carbons (Fsp3) is 0.536. The van der Waals surface area contributed by atoms with Crippen LogP contribution in [-0.4, -0.2) is 63.0 Å². The van der Waals surface area contributed by atoms with Crippen LogP contribution in [0, 0.1) is 18.6 Å². The number of halogens is 5. The number of hydrogen-bond donors (Lipinski definition) is 3. The van der Waals surface area contributed by atoms with Gasteiger partial charge in [0.05, 0.1) is 23.4 Å². The third-order valence-corrected chi connectivity index (χ3v) is 8.97. The SMILES string of the molecule is Cc1c(F)c(N)cc(-c2nc3c4c(nc(O[C@H]5CCC[C@@H]5O)nc4c2F)N2C[C@H]4CC[C@H](N4)[C@H]2[C@H](C)O3)c1C(F)(F)F. The smallest absolute Gasteiger partial charge is 0.417 e. The van der Waals surface area contributed by atoms with Crippen LogP contribution in [-0.2, 0) is 6.18 Å². The standard InChI is InChI=1S/C28H29F5N6O3/c1-10-19(28(31,32)33)13(8-14(34)20(10)29)22-21(30)23-18-25(38-27(37-23)42-17-5-3-4-16(17)40)39-9-12-6-7-15(35-12)24(39)11(2)41-26(18)36-22/h8,11-12,15-17,24,35,40H,3-7,9,34H2,1-2H3/t11-,12+,15-,16-,17-,24+/m0/s1. The lowest BCUT2D eigenvalue weighted by molar-refractivity contribution is -0.137. The molecule has 1 saturated carbocycles. The van der Waals surface area contributed by atoms with Crippen LogP contribution in [0.3, 0.4) is 0 Å². The molecule has 0 unspecified atom stereocenters. The Hall–Kier alpha value is -3.52. The van der Waals surface area contributed by atoms with Crippen molar-refractivity contribution in [3.05, 3.63) is 28.8 Å². The number of aliphatic hydroxyl groups is 1. The van der Waals surface area contributed by atoms with Crippen molar-refractivity contribution in [1.29, 1.82) is 0 Å². The second-order valence-corrected chi connectivity index (χ2v) is 11.6. The number of ether oxygens (including phenoxy) is 2. The average Bonchev–Trinajstić information content (AvgIpc) is 3.48. The lowest BCUT2D eigenvalue weighted by Gasteiger charge is -2.42. The van der Waals surface area contributed by atoms with Crippen LogP contribution in [0.25, 0.3) is 22.2 Å². The second-order valence-electron chi connectivity index (χ2n) is 11.6. The number of alkyl halides is 3. The van der Waals surface area contributed by atoms with Crippen LogP contribution in [0.1, 0.15) is 50.2 Å². The first-order valence-electron chi connectivity index (χ1n) is 14.0. The number of fused-ring (bicyclic) bond motifs is 5. The number of aromatic nitrogens is 3. The maximum Gasteiger partial charge on any atom is 0.417 e. The highest BCUT2D eigenvalue weighted by atomic mass is 19.4. The number of piperazine rings is 1. The number of hydrogen-bond acceptors (Lipinski definition) is 9. The first kappa shape index (κ1) is 27.3. The summed E-state index contributed by atoms with van der Waals surface area (Å²) in [6.07, 6.45) is -3.36. The topological polar surface area (TPSA) is 119 Å². The van der Waals surface area contributed by atoms with Gasteiger partial charge in [0.15, 0.2) is 5.82 Å². The van der Waals surface area contributed by atoms with E-state index in [0.29, 0.717) is 25.2 Å². The summed E-state index contributed by atoms with van der Waals surface area (Å²) in [5.41, 5.74) is 1.15. The molecule has 0 radical (unpaired) electrons. The summed E-state index contributed by atoms with van der Waals surface area (Å²) >= 11 is 0. The summed E-state index contributed by atoms with van der Waals surface area (Å²) in [5, 5.41) is 14.0. The molecule has 2 saturated heterocycles. The average molecular weight is 593 g/mol. The summed E-state index contributed by atoms with van der Waals surface area (Å²) in [6.45, 7) is 3.28. The van der Waals surface area contributed by atoms with E-state index in [4.69, 9.17) is 15.2 Å². The van der Waals surface area contributed by atoms with Crippen molar-refractivity contribution in [2.75, 3.05) is 17.2 Å². The van der Waals surface area contributed by atoms with Crippen LogP contribution in [0.5, 0.6) is 11.9 Å². The molecule has 3 fully saturated rings. The van der Waals surface area contributed by atoms with E-state index in [-0.39, 0.29) is 40.9 Å². The molecule has 1 aromatic carbocycles. The van der Waals surface area contributed by atoms with E-state index in [2.05, 4.69) is 20.3 Å². The van der Waals surface area contributed by atoms with E-state index in [1.807, 2.05) is 11.8 Å². The molecule has 0 spiro atoms. The molecular formula is C28H29F5N6O3. The van der Waals surface area contributed by atoms with Gasteiger partial charge in [-0.3, -0.25) is 0 Å². The molecule has 3 aliphatic heterocycles. The zero-order valence-electron chi connectivity index (χ0n) is 22.8. The number of anilines is 2. The zero-order chi connectivity index (χ0) is 29.7. The van der Waals surface area contributed by atoms with Gasteiger partial charge in [0.2, 0.25) is 5.88 Å². The molecule has 3 aromatic rings. The summed E-state index contributed by atoms with van der Waals surface area (Å²) in [7, 11) is 0. The van der Waals surface area contributed by atoms with Crippen molar-refractivity contribution in [3.63, 3.8) is 0 Å². The molecule has 9 nitrogen and oxygen atoms in total. The van der Waals surface area contributed by atoms with Crippen molar-refractivity contribution in [2.45, 2.75) is 88.6 Å². The summed E-state index contributed by atoms with van der Waals surface area (Å²) in [6, 6.07) is 0.454. The minimum atomic E-state index is -5.05. The van der Waals surface area contributed by atoms with Crippen LogP contribution >= 0.6 is 0 Å². The Balaban J connectivity index is 1.50. The van der Waals surface area contributed by atoms with E-state index >= 15 is 4.39 Å². The highest BCUT2D eigenvalue weighted by molar-refractivity contribution is 5.97. The fourth-order valence-corrected chi connectivity index (χ4v) is 7.07. The normalized spacial score (nSPS) is 28.5. The molecule has 0 amide bonds. The Morgan fingerprint density at radius 2 is 1.90 bits per heavy atom. The van der Waals surface area contributed by atoms with Gasteiger partial charge >= 0.3 is 12.2 Å². The van der Waals surface area contributed by atoms with Crippen LogP contribution in [0.2, 0.25) is 0 Å². The number of nitrogens with zero attached hydrogens (tertiary/aromatic N) is 4. The molecule has 2 aromatic heterocycles. The van der Waals surface area contributed by atoms with Crippen molar-refractivity contribution >= 4 is 22.4 Å². The Morgan fingerprint density at radius 1 is 1.12 bits per heavy atom. The van der Waals surface area contributed by atoms with Crippen LogP contribution in [0.15, 0.2) is 6.07 Å². The van der Waals surface area contributed by atoms with Gasteiger partial charge in [0, 0.05) is 24.2 Å². The maximum absolute atomic E-state index is 16.6. The van der Waals surface area contributed by atoms with Gasteiger partial charge in [0.25, 0.3) is 0 Å². The minimum Gasteiger partial charge on any atom is -0.472 e. The van der Waals surface area contributed by atoms with Gasteiger partial charge < -0.3 is 30.5 Å². The number of aliphatic hydroxyl groups excluding tert-OH is 1. The third-order valence-electron chi connectivity index (χ3n) is 8.97. The predicted octanol–water partition coefficient (Wildman–Crippen LogP) is 4.26. The van der Waals surface area contributed by atoms with Crippen LogP contribution < -0.4 is 25.4 Å². The quantitative estimate of drug-likeness (QED) is 0.303. The van der Waals surface area contributed by atoms with Gasteiger partial charge in [0.1, 0.15) is 40.4 Å². The molecule has 6 atom stereocenters. The fourth-order valence-electron chi connectivity index (χ4n) is 7.07. The molecule has 1 aliphatic carbocycles. The van der Waals surface area contributed by atoms with Crippen molar-refractivity contribution < 1.29 is 36.5 Å². The molecule has 4 aliphatic rings. The summed E-state index contributed by atoms with van der Waals surface area (Å²) in [4.78, 5) is 15.3. The monoisotopic (exact) mass is 592 g/mol. The number of rotatable bonds is 3. The summed E-state index contributed by atoms with van der Waals surface area (Å²) in [5.74, 6) is -2.27. The third kappa shape index (κ3) is 4.13. The molecular weight excluding hydrogens is 563 g/mol. The Morgan fingerprint density at radius 3 is 2.62 bits per heavy atom. The van der Waals surface area contributed by atoms with Crippen LogP contribution in [0.4, 0.5) is 33.5 Å². The van der Waals surface area contributed by atoms with Gasteiger partial charge in [-0.1, -0.05) is 0 Å². The van der Waals surface area contributed by atoms with Gasteiger partial charge in [-0.15, -0.1) is 0 Å². The molecule has 7 rings (SSSR count). The largest absolute Gasteiger partial charge is 0.472 e. The molecule has 5 heterocycles. The number of nitrogen functional groups attached to an aromatic ring is 1. The predicted molar refractivity (Wildman–Crippen MR) is 142 cm³/mol. The Bertz CT molecular complexity index is 1600. The first-order valence-corrected chi connectivity index (χ1v) is 14.0. The number of benzene rings is 1. The second kappa shape index (κ2) is 9.49. The number of pyridine rings is 1. The zero-order valence-corrected chi connectivity index (χ0v) is 22.8. The van der Waals surface area contributed by atoms with Crippen molar-refractivity contribution in [3.8, 4) is 23.1 Å². The minimum absolute atomic E-state index is 0.0276. The Labute approximate surface area is 237 Å². The van der Waals surface area contributed by atoms with Gasteiger partial charge in [-0.05, 0) is 57.6 Å². The first-order chi connectivity index (χ1) is 19.9. The van der Waals surface area contributed by atoms with Gasteiger partial charge in [-0.2, -0.15) is 23.1 Å². The number of nitrogens with two attached hydrogens (primary N) is 1. The maximum atomic E-state index is 16.6. The molecule has 14 heteroatoms. The summed E-state index contributed by atoms with van der Waals surface area (Å²) < 4.78 is 86.2. The lowest BCUT2D eigenvalue weighted by atomic mass is 9.96.